The second kappa shape index (κ2) is 4.35. The molecule has 2 aromatic heterocycles. The summed E-state index contributed by atoms with van der Waals surface area (Å²) in [4.78, 5) is 23.3. The molecular formula is C10H9N5O. The summed E-state index contributed by atoms with van der Waals surface area (Å²) in [5, 5.41) is 2.55. The van der Waals surface area contributed by atoms with Crippen molar-refractivity contribution in [2.75, 3.05) is 11.1 Å². The molecule has 0 atom stereocenters. The minimum Gasteiger partial charge on any atom is -0.399 e. The van der Waals surface area contributed by atoms with E-state index in [1.165, 1.54) is 30.9 Å². The van der Waals surface area contributed by atoms with E-state index >= 15 is 0 Å². The molecule has 16 heavy (non-hydrogen) atoms. The number of anilines is 2. The lowest BCUT2D eigenvalue weighted by Crippen LogP contribution is -2.14. The lowest BCUT2D eigenvalue weighted by atomic mass is 10.3. The fraction of sp³-hybridized carbons (Fsp3) is 0. The van der Waals surface area contributed by atoms with Gasteiger partial charge in [-0.15, -0.1) is 0 Å². The molecule has 0 spiro atoms. The van der Waals surface area contributed by atoms with Gasteiger partial charge in [0.2, 0.25) is 0 Å². The third-order valence-corrected chi connectivity index (χ3v) is 1.82. The number of pyridine rings is 1. The molecule has 2 aromatic rings. The number of amides is 1. The Morgan fingerprint density at radius 2 is 2.12 bits per heavy atom. The first-order valence-corrected chi connectivity index (χ1v) is 4.54. The molecule has 0 aromatic carbocycles. The average molecular weight is 215 g/mol. The Morgan fingerprint density at radius 3 is 2.81 bits per heavy atom. The third-order valence-electron chi connectivity index (χ3n) is 1.82. The number of nitrogens with two attached hydrogens (primary N) is 1. The molecule has 0 aliphatic rings. The van der Waals surface area contributed by atoms with E-state index < -0.39 is 0 Å². The fourth-order valence-electron chi connectivity index (χ4n) is 1.12. The first-order valence-electron chi connectivity index (χ1n) is 4.54. The van der Waals surface area contributed by atoms with Crippen molar-refractivity contribution in [1.29, 1.82) is 0 Å². The molecule has 0 saturated heterocycles. The van der Waals surface area contributed by atoms with E-state index in [9.17, 15) is 4.79 Å². The van der Waals surface area contributed by atoms with Crippen LogP contribution < -0.4 is 11.1 Å². The molecule has 0 bridgehead atoms. The Balaban J connectivity index is 2.15. The van der Waals surface area contributed by atoms with Crippen molar-refractivity contribution < 1.29 is 4.79 Å². The van der Waals surface area contributed by atoms with E-state index in [1.807, 2.05) is 0 Å². The van der Waals surface area contributed by atoms with Crippen LogP contribution in [-0.4, -0.2) is 20.9 Å². The van der Waals surface area contributed by atoms with Gasteiger partial charge < -0.3 is 11.1 Å². The van der Waals surface area contributed by atoms with Crippen LogP contribution in [0.2, 0.25) is 0 Å². The molecule has 1 amide bonds. The number of nitrogens with zero attached hydrogens (tertiary/aromatic N) is 3. The van der Waals surface area contributed by atoms with Crippen molar-refractivity contribution >= 4 is 17.4 Å². The minimum atomic E-state index is -0.368. The highest BCUT2D eigenvalue weighted by molar-refractivity contribution is 6.02. The van der Waals surface area contributed by atoms with Crippen molar-refractivity contribution in [2.24, 2.45) is 0 Å². The molecule has 6 nitrogen and oxygen atoms in total. The van der Waals surface area contributed by atoms with Gasteiger partial charge in [-0.1, -0.05) is 0 Å². The van der Waals surface area contributed by atoms with Crippen LogP contribution in [0.3, 0.4) is 0 Å². The van der Waals surface area contributed by atoms with Crippen LogP contribution in [0.4, 0.5) is 11.5 Å². The van der Waals surface area contributed by atoms with E-state index in [1.54, 1.807) is 6.07 Å². The van der Waals surface area contributed by atoms with Crippen molar-refractivity contribution in [1.82, 2.24) is 15.0 Å². The summed E-state index contributed by atoms with van der Waals surface area (Å²) >= 11 is 0. The molecular weight excluding hydrogens is 206 g/mol. The van der Waals surface area contributed by atoms with Gasteiger partial charge in [-0.2, -0.15) is 0 Å². The average Bonchev–Trinajstić information content (AvgIpc) is 2.30. The zero-order valence-corrected chi connectivity index (χ0v) is 8.29. The van der Waals surface area contributed by atoms with Crippen molar-refractivity contribution in [3.05, 3.63) is 42.6 Å². The van der Waals surface area contributed by atoms with Gasteiger partial charge in [0.15, 0.2) is 5.82 Å². The number of rotatable bonds is 2. The molecule has 0 aliphatic heterocycles. The van der Waals surface area contributed by atoms with Gasteiger partial charge in [0.25, 0.3) is 5.91 Å². The predicted molar refractivity (Wildman–Crippen MR) is 58.6 cm³/mol. The fourth-order valence-corrected chi connectivity index (χ4v) is 1.12. The number of carbonyl (C=O) groups is 1. The maximum atomic E-state index is 11.7. The van der Waals surface area contributed by atoms with Gasteiger partial charge in [-0.05, 0) is 12.1 Å². The van der Waals surface area contributed by atoms with Crippen molar-refractivity contribution in [3.8, 4) is 0 Å². The molecule has 0 fully saturated rings. The first kappa shape index (κ1) is 10.0. The molecule has 2 rings (SSSR count). The highest BCUT2D eigenvalue weighted by Crippen LogP contribution is 2.05. The summed E-state index contributed by atoms with van der Waals surface area (Å²) in [5.74, 6) is 0.00419. The van der Waals surface area contributed by atoms with Gasteiger partial charge >= 0.3 is 0 Å². The SMILES string of the molecule is Nc1ccnc(C(=O)Nc2cnccn2)c1. The minimum absolute atomic E-state index is 0.241. The van der Waals surface area contributed by atoms with E-state index in [0.29, 0.717) is 11.5 Å². The number of nitrogens with one attached hydrogen (secondary N) is 1. The summed E-state index contributed by atoms with van der Waals surface area (Å²) in [7, 11) is 0. The summed E-state index contributed by atoms with van der Waals surface area (Å²) in [6.45, 7) is 0. The third kappa shape index (κ3) is 2.30. The molecule has 0 saturated carbocycles. The molecule has 0 radical (unpaired) electrons. The van der Waals surface area contributed by atoms with Crippen LogP contribution in [-0.2, 0) is 0 Å². The van der Waals surface area contributed by atoms with Crippen LogP contribution in [0.1, 0.15) is 10.5 Å². The normalized spacial score (nSPS) is 9.75. The summed E-state index contributed by atoms with van der Waals surface area (Å²) < 4.78 is 0. The van der Waals surface area contributed by atoms with Gasteiger partial charge in [0.05, 0.1) is 6.20 Å². The second-order valence-electron chi connectivity index (χ2n) is 3.02. The Hall–Kier alpha value is -2.50. The number of nitrogen functional groups attached to an aromatic ring is 1. The highest BCUT2D eigenvalue weighted by atomic mass is 16.1. The summed E-state index contributed by atoms with van der Waals surface area (Å²) in [6.07, 6.45) is 5.93. The molecule has 80 valence electrons. The predicted octanol–water partition coefficient (Wildman–Crippen LogP) is 0.706. The van der Waals surface area contributed by atoms with E-state index in [4.69, 9.17) is 5.73 Å². The highest BCUT2D eigenvalue weighted by Gasteiger charge is 2.07. The number of hydrogen-bond donors (Lipinski definition) is 2. The van der Waals surface area contributed by atoms with Gasteiger partial charge in [0, 0.05) is 24.3 Å². The van der Waals surface area contributed by atoms with E-state index in [0.717, 1.165) is 0 Å². The summed E-state index contributed by atoms with van der Waals surface area (Å²) in [6, 6.07) is 3.10. The maximum absolute atomic E-state index is 11.7. The standard InChI is InChI=1S/C10H9N5O/c11-7-1-2-13-8(5-7)10(16)15-9-6-12-3-4-14-9/h1-6H,(H2,11,13)(H,14,15,16). The molecule has 0 aliphatic carbocycles. The lowest BCUT2D eigenvalue weighted by Gasteiger charge is -2.02. The van der Waals surface area contributed by atoms with Crippen LogP contribution >= 0.6 is 0 Å². The maximum Gasteiger partial charge on any atom is 0.275 e. The Morgan fingerprint density at radius 1 is 1.25 bits per heavy atom. The molecule has 0 unspecified atom stereocenters. The van der Waals surface area contributed by atoms with Crippen LogP contribution in [0.5, 0.6) is 0 Å². The second-order valence-corrected chi connectivity index (χ2v) is 3.02. The Bertz CT molecular complexity index is 500. The topological polar surface area (TPSA) is 93.8 Å². The lowest BCUT2D eigenvalue weighted by molar-refractivity contribution is 0.102. The van der Waals surface area contributed by atoms with Crippen LogP contribution in [0, 0.1) is 0 Å². The van der Waals surface area contributed by atoms with Crippen molar-refractivity contribution in [2.45, 2.75) is 0 Å². The molecule has 2 heterocycles. The van der Waals surface area contributed by atoms with E-state index in [2.05, 4.69) is 20.3 Å². The van der Waals surface area contributed by atoms with Crippen molar-refractivity contribution in [3.63, 3.8) is 0 Å². The quantitative estimate of drug-likeness (QED) is 0.769. The van der Waals surface area contributed by atoms with Gasteiger partial charge in [-0.25, -0.2) is 4.98 Å². The largest absolute Gasteiger partial charge is 0.399 e. The zero-order valence-electron chi connectivity index (χ0n) is 8.29. The van der Waals surface area contributed by atoms with E-state index in [-0.39, 0.29) is 11.6 Å². The number of carbonyl (C=O) groups excluding carboxylic acids is 1. The van der Waals surface area contributed by atoms with Gasteiger partial charge in [0.1, 0.15) is 5.69 Å². The van der Waals surface area contributed by atoms with Crippen LogP contribution in [0.25, 0.3) is 0 Å². The number of aromatic nitrogens is 3. The first-order chi connectivity index (χ1) is 7.75. The Kier molecular flexibility index (Phi) is 2.73. The summed E-state index contributed by atoms with van der Waals surface area (Å²) in [5.41, 5.74) is 6.27. The van der Waals surface area contributed by atoms with Gasteiger partial charge in [-0.3, -0.25) is 14.8 Å². The molecule has 6 heteroatoms. The zero-order chi connectivity index (χ0) is 11.4. The monoisotopic (exact) mass is 215 g/mol. The number of hydrogen-bond acceptors (Lipinski definition) is 5. The van der Waals surface area contributed by atoms with Crippen LogP contribution in [0.15, 0.2) is 36.9 Å². The smallest absolute Gasteiger partial charge is 0.275 e. The Labute approximate surface area is 91.6 Å². The molecule has 3 N–H and O–H groups in total.